The summed E-state index contributed by atoms with van der Waals surface area (Å²) in [5.74, 6) is 0.942. The minimum Gasteiger partial charge on any atom is -0.493 e. The second-order valence-electron chi connectivity index (χ2n) is 5.91. The first-order valence-corrected chi connectivity index (χ1v) is 8.51. The molecule has 0 aliphatic carbocycles. The van der Waals surface area contributed by atoms with Gasteiger partial charge in [0, 0.05) is 17.5 Å². The summed E-state index contributed by atoms with van der Waals surface area (Å²) in [4.78, 5) is 0. The van der Waals surface area contributed by atoms with Crippen LogP contribution in [0.5, 0.6) is 5.75 Å². The Morgan fingerprint density at radius 3 is 1.75 bits per heavy atom. The molecule has 2 heteroatoms. The molecule has 3 rings (SSSR count). The van der Waals surface area contributed by atoms with Gasteiger partial charge < -0.3 is 10.1 Å². The molecule has 0 heterocycles. The summed E-state index contributed by atoms with van der Waals surface area (Å²) >= 11 is 0. The highest BCUT2D eigenvalue weighted by atomic mass is 16.5. The normalized spacial score (nSPS) is 10.5. The van der Waals surface area contributed by atoms with Gasteiger partial charge in [0.1, 0.15) is 18.8 Å². The topological polar surface area (TPSA) is 25.8 Å². The van der Waals surface area contributed by atoms with Gasteiger partial charge in [-0.25, -0.2) is 0 Å². The molecule has 0 spiro atoms. The van der Waals surface area contributed by atoms with E-state index in [1.54, 1.807) is 0 Å². The molecule has 0 saturated heterocycles. The fourth-order valence-corrected chi connectivity index (χ4v) is 2.67. The molecule has 24 heavy (non-hydrogen) atoms. The lowest BCUT2D eigenvalue weighted by Crippen LogP contribution is -2.80. The molecule has 0 atom stereocenters. The van der Waals surface area contributed by atoms with Gasteiger partial charge in [-0.2, -0.15) is 0 Å². The van der Waals surface area contributed by atoms with E-state index in [0.717, 1.165) is 25.3 Å². The minimum absolute atomic E-state index is 0.712. The van der Waals surface area contributed by atoms with Gasteiger partial charge in [-0.15, -0.1) is 0 Å². The molecule has 0 aliphatic rings. The van der Waals surface area contributed by atoms with Crippen LogP contribution in [0.1, 0.15) is 16.7 Å². The standard InChI is InChI=1S/C22H23NO/c1-3-7-19(8-4-1)15-16-24-22-13-11-21(12-14-22)18-23-17-20-9-5-2-6-10-20/h1-14,23H,15-18H2/p+1. The van der Waals surface area contributed by atoms with E-state index >= 15 is 0 Å². The Morgan fingerprint density at radius 2 is 1.12 bits per heavy atom. The summed E-state index contributed by atoms with van der Waals surface area (Å²) in [6.07, 6.45) is 0.938. The predicted octanol–water partition coefficient (Wildman–Crippen LogP) is 3.57. The van der Waals surface area contributed by atoms with Crippen LogP contribution in [0.2, 0.25) is 0 Å². The zero-order valence-electron chi connectivity index (χ0n) is 13.9. The highest BCUT2D eigenvalue weighted by Crippen LogP contribution is 2.12. The zero-order chi connectivity index (χ0) is 16.5. The van der Waals surface area contributed by atoms with Crippen LogP contribution in [0.25, 0.3) is 0 Å². The lowest BCUT2D eigenvalue weighted by Gasteiger charge is -2.07. The number of benzene rings is 3. The lowest BCUT2D eigenvalue weighted by molar-refractivity contribution is -0.686. The Balaban J connectivity index is 1.40. The number of hydrogen-bond donors (Lipinski definition) is 1. The molecule has 0 fully saturated rings. The highest BCUT2D eigenvalue weighted by Gasteiger charge is 1.99. The van der Waals surface area contributed by atoms with Gasteiger partial charge >= 0.3 is 0 Å². The monoisotopic (exact) mass is 318 g/mol. The fraction of sp³-hybridized carbons (Fsp3) is 0.182. The van der Waals surface area contributed by atoms with Crippen molar-refractivity contribution >= 4 is 0 Å². The minimum atomic E-state index is 0.712. The van der Waals surface area contributed by atoms with E-state index < -0.39 is 0 Å². The molecule has 0 saturated carbocycles. The summed E-state index contributed by atoms with van der Waals surface area (Å²) < 4.78 is 5.83. The van der Waals surface area contributed by atoms with Crippen LogP contribution in [-0.4, -0.2) is 6.61 Å². The van der Waals surface area contributed by atoms with E-state index in [1.807, 2.05) is 6.07 Å². The molecule has 0 aliphatic heterocycles. The van der Waals surface area contributed by atoms with Crippen LogP contribution in [0, 0.1) is 0 Å². The van der Waals surface area contributed by atoms with Crippen molar-refractivity contribution < 1.29 is 10.1 Å². The van der Waals surface area contributed by atoms with E-state index in [0.29, 0.717) is 6.61 Å². The summed E-state index contributed by atoms with van der Waals surface area (Å²) in [6, 6.07) is 29.4. The van der Waals surface area contributed by atoms with Gasteiger partial charge in [-0.1, -0.05) is 60.7 Å². The maximum atomic E-state index is 5.83. The second kappa shape index (κ2) is 8.90. The Hall–Kier alpha value is -2.58. The number of quaternary nitrogens is 1. The molecule has 0 aromatic heterocycles. The first kappa shape index (κ1) is 16.3. The zero-order valence-corrected chi connectivity index (χ0v) is 13.9. The van der Waals surface area contributed by atoms with Crippen molar-refractivity contribution in [2.75, 3.05) is 6.61 Å². The maximum Gasteiger partial charge on any atom is 0.119 e. The summed E-state index contributed by atoms with van der Waals surface area (Å²) in [5.41, 5.74) is 3.99. The van der Waals surface area contributed by atoms with Crippen molar-refractivity contribution in [1.82, 2.24) is 0 Å². The molecule has 2 nitrogen and oxygen atoms in total. The van der Waals surface area contributed by atoms with Crippen LogP contribution in [0.15, 0.2) is 84.9 Å². The van der Waals surface area contributed by atoms with Crippen LogP contribution >= 0.6 is 0 Å². The Morgan fingerprint density at radius 1 is 0.583 bits per heavy atom. The second-order valence-corrected chi connectivity index (χ2v) is 5.91. The summed E-state index contributed by atoms with van der Waals surface area (Å²) in [6.45, 7) is 2.71. The molecule has 0 bridgehead atoms. The Bertz CT molecular complexity index is 643. The van der Waals surface area contributed by atoms with Crippen LogP contribution in [-0.2, 0) is 19.5 Å². The highest BCUT2D eigenvalue weighted by molar-refractivity contribution is 5.27. The molecule has 2 N–H and O–H groups in total. The SMILES string of the molecule is c1ccc(CCOc2ccc(C[NH2+]Cc3ccccc3)cc2)cc1. The fourth-order valence-electron chi connectivity index (χ4n) is 2.67. The molecule has 3 aromatic carbocycles. The van der Waals surface area contributed by atoms with E-state index in [1.165, 1.54) is 16.7 Å². The smallest absolute Gasteiger partial charge is 0.119 e. The quantitative estimate of drug-likeness (QED) is 0.675. The first-order valence-electron chi connectivity index (χ1n) is 8.51. The molecular weight excluding hydrogens is 294 g/mol. The van der Waals surface area contributed by atoms with Crippen LogP contribution in [0.4, 0.5) is 0 Å². The first-order chi connectivity index (χ1) is 11.9. The van der Waals surface area contributed by atoms with E-state index in [4.69, 9.17) is 4.74 Å². The van der Waals surface area contributed by atoms with Crippen LogP contribution in [0.3, 0.4) is 0 Å². The van der Waals surface area contributed by atoms with E-state index in [2.05, 4.69) is 84.2 Å². The molecule has 0 amide bonds. The average Bonchev–Trinajstić information content (AvgIpc) is 2.65. The van der Waals surface area contributed by atoms with Gasteiger partial charge in [0.2, 0.25) is 0 Å². The predicted molar refractivity (Wildman–Crippen MR) is 97.9 cm³/mol. The molecule has 0 radical (unpaired) electrons. The maximum absolute atomic E-state index is 5.83. The van der Waals surface area contributed by atoms with Crippen molar-refractivity contribution in [1.29, 1.82) is 0 Å². The van der Waals surface area contributed by atoms with Crippen molar-refractivity contribution in [3.63, 3.8) is 0 Å². The Kier molecular flexibility index (Phi) is 6.04. The largest absolute Gasteiger partial charge is 0.493 e. The average molecular weight is 318 g/mol. The van der Waals surface area contributed by atoms with Gasteiger partial charge in [0.15, 0.2) is 0 Å². The third-order valence-corrected chi connectivity index (χ3v) is 4.03. The van der Waals surface area contributed by atoms with Crippen molar-refractivity contribution in [2.24, 2.45) is 0 Å². The summed E-state index contributed by atoms with van der Waals surface area (Å²) in [5, 5.41) is 2.32. The molecular formula is C22H24NO+. The lowest BCUT2D eigenvalue weighted by atomic mass is 10.2. The van der Waals surface area contributed by atoms with Gasteiger partial charge in [0.25, 0.3) is 0 Å². The van der Waals surface area contributed by atoms with Gasteiger partial charge in [-0.3, -0.25) is 0 Å². The van der Waals surface area contributed by atoms with E-state index in [9.17, 15) is 0 Å². The molecule has 122 valence electrons. The third-order valence-electron chi connectivity index (χ3n) is 4.03. The van der Waals surface area contributed by atoms with Crippen molar-refractivity contribution in [3.8, 4) is 5.75 Å². The molecule has 0 unspecified atom stereocenters. The van der Waals surface area contributed by atoms with Gasteiger partial charge in [-0.05, 0) is 29.8 Å². The number of rotatable bonds is 8. The number of hydrogen-bond acceptors (Lipinski definition) is 1. The molecule has 3 aromatic rings. The number of ether oxygens (including phenoxy) is 1. The number of nitrogens with two attached hydrogens (primary N) is 1. The summed E-state index contributed by atoms with van der Waals surface area (Å²) in [7, 11) is 0. The van der Waals surface area contributed by atoms with Crippen LogP contribution < -0.4 is 10.1 Å². The van der Waals surface area contributed by atoms with Crippen molar-refractivity contribution in [3.05, 3.63) is 102 Å². The van der Waals surface area contributed by atoms with Gasteiger partial charge in [0.05, 0.1) is 6.61 Å². The van der Waals surface area contributed by atoms with E-state index in [-0.39, 0.29) is 0 Å². The third kappa shape index (κ3) is 5.25. The Labute approximate surface area is 144 Å². The van der Waals surface area contributed by atoms with Crippen molar-refractivity contribution in [2.45, 2.75) is 19.5 Å².